The van der Waals surface area contributed by atoms with Gasteiger partial charge in [-0.3, -0.25) is 19.3 Å². The average molecular weight is 330 g/mol. The Morgan fingerprint density at radius 2 is 1.86 bits per heavy atom. The molecule has 1 fully saturated rings. The number of halogens is 2. The van der Waals surface area contributed by atoms with E-state index >= 15 is 0 Å². The lowest BCUT2D eigenvalue weighted by atomic mass is 10.1. The number of benzene rings is 1. The number of nitrogens with two attached hydrogens (primary N) is 1. The van der Waals surface area contributed by atoms with Crippen LogP contribution in [0, 0.1) is 0 Å². The number of nitrogens with one attached hydrogen (secondary N) is 1. The second kappa shape index (κ2) is 6.32. The topological polar surface area (TPSA) is 92.5 Å². The lowest BCUT2D eigenvalue weighted by molar-refractivity contribution is -0.150. The van der Waals surface area contributed by atoms with Crippen molar-refractivity contribution in [3.05, 3.63) is 22.2 Å². The number of nitrogens with zero attached hydrogens (tertiary/aromatic N) is 1. The van der Waals surface area contributed by atoms with Crippen molar-refractivity contribution >= 4 is 52.3 Å². The number of likely N-dealkylation sites (tertiary alicyclic amines) is 1. The van der Waals surface area contributed by atoms with Crippen LogP contribution >= 0.6 is 23.2 Å². The number of rotatable bonds is 3. The minimum absolute atomic E-state index is 0.185. The molecule has 1 aliphatic heterocycles. The number of imide groups is 1. The maximum atomic E-state index is 12.0. The predicted octanol–water partition coefficient (Wildman–Crippen LogP) is 2.05. The van der Waals surface area contributed by atoms with Gasteiger partial charge in [-0.05, 0) is 18.6 Å². The largest absolute Gasteiger partial charge is 0.397 e. The van der Waals surface area contributed by atoms with Crippen LogP contribution < -0.4 is 11.1 Å². The zero-order valence-corrected chi connectivity index (χ0v) is 12.5. The van der Waals surface area contributed by atoms with Gasteiger partial charge in [0, 0.05) is 17.9 Å². The molecule has 0 atom stereocenters. The van der Waals surface area contributed by atoms with Gasteiger partial charge in [0.05, 0.1) is 16.4 Å². The van der Waals surface area contributed by atoms with E-state index in [2.05, 4.69) is 5.32 Å². The molecule has 1 aromatic rings. The molecule has 112 valence electrons. The highest BCUT2D eigenvalue weighted by Gasteiger charge is 2.27. The van der Waals surface area contributed by atoms with Gasteiger partial charge in [0.2, 0.25) is 17.7 Å². The third kappa shape index (κ3) is 3.65. The Hall–Kier alpha value is -1.79. The molecule has 6 nitrogen and oxygen atoms in total. The van der Waals surface area contributed by atoms with E-state index in [4.69, 9.17) is 28.9 Å². The highest BCUT2D eigenvalue weighted by Crippen LogP contribution is 2.32. The average Bonchev–Trinajstić information content (AvgIpc) is 2.38. The fraction of sp³-hybridized carbons (Fsp3) is 0.308. The van der Waals surface area contributed by atoms with Crippen LogP contribution in [0.3, 0.4) is 0 Å². The van der Waals surface area contributed by atoms with Crippen LogP contribution in [0.5, 0.6) is 0 Å². The van der Waals surface area contributed by atoms with Crippen LogP contribution in [0.15, 0.2) is 12.1 Å². The summed E-state index contributed by atoms with van der Waals surface area (Å²) in [6.07, 6.45) is 1.05. The molecule has 0 aliphatic carbocycles. The Morgan fingerprint density at radius 1 is 1.24 bits per heavy atom. The molecule has 8 heteroatoms. The van der Waals surface area contributed by atoms with Gasteiger partial charge < -0.3 is 11.1 Å². The van der Waals surface area contributed by atoms with E-state index in [1.165, 1.54) is 12.1 Å². The first-order valence-electron chi connectivity index (χ1n) is 6.26. The summed E-state index contributed by atoms with van der Waals surface area (Å²) < 4.78 is 0. The van der Waals surface area contributed by atoms with Crippen LogP contribution in [0.4, 0.5) is 11.4 Å². The van der Waals surface area contributed by atoms with E-state index in [0.717, 1.165) is 4.90 Å². The van der Waals surface area contributed by atoms with Crippen LogP contribution in [0.1, 0.15) is 19.3 Å². The molecule has 21 heavy (non-hydrogen) atoms. The maximum Gasteiger partial charge on any atom is 0.244 e. The minimum atomic E-state index is -0.547. The Bertz CT molecular complexity index is 580. The quantitative estimate of drug-likeness (QED) is 0.655. The highest BCUT2D eigenvalue weighted by molar-refractivity contribution is 6.37. The number of nitrogen functional groups attached to an aromatic ring is 1. The number of amides is 3. The summed E-state index contributed by atoms with van der Waals surface area (Å²) in [5.74, 6) is -1.25. The molecule has 0 aromatic heterocycles. The van der Waals surface area contributed by atoms with E-state index in [-0.39, 0.29) is 47.6 Å². The Kier molecular flexibility index (Phi) is 4.69. The molecule has 2 rings (SSSR count). The molecule has 0 spiro atoms. The van der Waals surface area contributed by atoms with Crippen molar-refractivity contribution in [3.63, 3.8) is 0 Å². The molecule has 0 radical (unpaired) electrons. The normalized spacial score (nSPS) is 15.2. The van der Waals surface area contributed by atoms with Crippen molar-refractivity contribution in [2.75, 3.05) is 17.6 Å². The van der Waals surface area contributed by atoms with Crippen molar-refractivity contribution in [1.82, 2.24) is 4.90 Å². The van der Waals surface area contributed by atoms with Crippen molar-refractivity contribution in [2.45, 2.75) is 19.3 Å². The zero-order valence-electron chi connectivity index (χ0n) is 11.0. The summed E-state index contributed by atoms with van der Waals surface area (Å²) in [4.78, 5) is 36.2. The van der Waals surface area contributed by atoms with Crippen molar-refractivity contribution < 1.29 is 14.4 Å². The lowest BCUT2D eigenvalue weighted by Gasteiger charge is -2.24. The fourth-order valence-corrected chi connectivity index (χ4v) is 2.58. The molecule has 3 N–H and O–H groups in total. The molecule has 1 aromatic carbocycles. The van der Waals surface area contributed by atoms with Gasteiger partial charge in [-0.1, -0.05) is 23.2 Å². The molecule has 1 heterocycles. The first kappa shape index (κ1) is 15.6. The summed E-state index contributed by atoms with van der Waals surface area (Å²) in [7, 11) is 0. The Labute approximate surface area is 131 Å². The molecule has 0 bridgehead atoms. The minimum Gasteiger partial charge on any atom is -0.397 e. The third-order valence-corrected chi connectivity index (χ3v) is 3.55. The fourth-order valence-electron chi connectivity index (χ4n) is 2.02. The van der Waals surface area contributed by atoms with E-state index in [1.807, 2.05) is 0 Å². The van der Waals surface area contributed by atoms with E-state index in [0.29, 0.717) is 11.4 Å². The summed E-state index contributed by atoms with van der Waals surface area (Å²) in [6, 6.07) is 2.88. The van der Waals surface area contributed by atoms with Crippen molar-refractivity contribution in [3.8, 4) is 0 Å². The molecule has 1 aliphatic rings. The van der Waals surface area contributed by atoms with Gasteiger partial charge in [-0.2, -0.15) is 0 Å². The van der Waals surface area contributed by atoms with Crippen molar-refractivity contribution in [1.29, 1.82) is 0 Å². The zero-order chi connectivity index (χ0) is 15.6. The van der Waals surface area contributed by atoms with Crippen LogP contribution in [-0.4, -0.2) is 29.2 Å². The van der Waals surface area contributed by atoms with Gasteiger partial charge in [-0.25, -0.2) is 0 Å². The number of hydrogen-bond donors (Lipinski definition) is 2. The monoisotopic (exact) mass is 329 g/mol. The second-order valence-corrected chi connectivity index (χ2v) is 5.47. The van der Waals surface area contributed by atoms with Gasteiger partial charge in [0.25, 0.3) is 0 Å². The molecule has 0 unspecified atom stereocenters. The smallest absolute Gasteiger partial charge is 0.244 e. The second-order valence-electron chi connectivity index (χ2n) is 4.63. The van der Waals surface area contributed by atoms with Crippen LogP contribution in [0.2, 0.25) is 10.0 Å². The van der Waals surface area contributed by atoms with Gasteiger partial charge in [0.1, 0.15) is 6.54 Å². The lowest BCUT2D eigenvalue weighted by Crippen LogP contribution is -2.44. The maximum absolute atomic E-state index is 12.0. The van der Waals surface area contributed by atoms with E-state index < -0.39 is 5.91 Å². The van der Waals surface area contributed by atoms with Crippen LogP contribution in [-0.2, 0) is 14.4 Å². The van der Waals surface area contributed by atoms with Crippen molar-refractivity contribution in [2.24, 2.45) is 0 Å². The predicted molar refractivity (Wildman–Crippen MR) is 80.1 cm³/mol. The molecule has 3 amide bonds. The number of anilines is 2. The van der Waals surface area contributed by atoms with E-state index in [1.54, 1.807) is 0 Å². The van der Waals surface area contributed by atoms with E-state index in [9.17, 15) is 14.4 Å². The summed E-state index contributed by atoms with van der Waals surface area (Å²) >= 11 is 11.7. The summed E-state index contributed by atoms with van der Waals surface area (Å²) in [5.41, 5.74) is 6.14. The highest BCUT2D eigenvalue weighted by atomic mass is 35.5. The standard InChI is InChI=1S/C13H13Cl2N3O3/c14-7-4-8(15)13(9(16)5-7)17-10(19)6-18-11(20)2-1-3-12(18)21/h4-5H,1-3,6,16H2,(H,17,19). The summed E-state index contributed by atoms with van der Waals surface area (Å²) in [6.45, 7) is -0.351. The summed E-state index contributed by atoms with van der Waals surface area (Å²) in [5, 5.41) is 3.02. The molecule has 0 saturated carbocycles. The third-order valence-electron chi connectivity index (χ3n) is 3.04. The first-order valence-corrected chi connectivity index (χ1v) is 7.01. The number of carbonyl (C=O) groups is 3. The first-order chi connectivity index (χ1) is 9.88. The van der Waals surface area contributed by atoms with Gasteiger partial charge in [-0.15, -0.1) is 0 Å². The SMILES string of the molecule is Nc1cc(Cl)cc(Cl)c1NC(=O)CN1C(=O)CCCC1=O. The number of hydrogen-bond acceptors (Lipinski definition) is 4. The Morgan fingerprint density at radius 3 is 2.43 bits per heavy atom. The van der Waals surface area contributed by atoms with Gasteiger partial charge in [0.15, 0.2) is 0 Å². The number of carbonyl (C=O) groups excluding carboxylic acids is 3. The van der Waals surface area contributed by atoms with Gasteiger partial charge >= 0.3 is 0 Å². The molecular formula is C13H13Cl2N3O3. The molecular weight excluding hydrogens is 317 g/mol. The number of piperidine rings is 1. The molecule has 1 saturated heterocycles. The Balaban J connectivity index is 2.08. The van der Waals surface area contributed by atoms with Crippen LogP contribution in [0.25, 0.3) is 0 Å².